The SMILES string of the molecule is CC(C1CC1)n1nccc1NC(=O)C1CCN(S(=O)(=O)c2cccc(C(F)(F)F)c2)CC1. The molecular formula is C21H25F3N4O3S. The van der Waals surface area contributed by atoms with Crippen LogP contribution in [0.5, 0.6) is 0 Å². The minimum Gasteiger partial charge on any atom is -0.311 e. The molecule has 0 radical (unpaired) electrons. The van der Waals surface area contributed by atoms with Crippen LogP contribution in [0.25, 0.3) is 0 Å². The number of aromatic nitrogens is 2. The third kappa shape index (κ3) is 4.68. The van der Waals surface area contributed by atoms with Crippen molar-refractivity contribution in [2.24, 2.45) is 11.8 Å². The highest BCUT2D eigenvalue weighted by Gasteiger charge is 2.36. The predicted molar refractivity (Wildman–Crippen MR) is 111 cm³/mol. The number of sulfonamides is 1. The largest absolute Gasteiger partial charge is 0.416 e. The number of anilines is 1. The van der Waals surface area contributed by atoms with Gasteiger partial charge in [-0.3, -0.25) is 4.79 Å². The maximum Gasteiger partial charge on any atom is 0.416 e. The molecule has 2 aliphatic rings. The molecule has 1 atom stereocenters. The van der Waals surface area contributed by atoms with Crippen molar-refractivity contribution in [2.75, 3.05) is 18.4 Å². The minimum atomic E-state index is -4.62. The van der Waals surface area contributed by atoms with Crippen LogP contribution < -0.4 is 5.32 Å². The summed E-state index contributed by atoms with van der Waals surface area (Å²) in [7, 11) is -4.08. The molecule has 1 aromatic carbocycles. The van der Waals surface area contributed by atoms with Crippen LogP contribution in [0.4, 0.5) is 19.0 Å². The first-order valence-electron chi connectivity index (χ1n) is 10.6. The van der Waals surface area contributed by atoms with Crippen LogP contribution in [0.3, 0.4) is 0 Å². The van der Waals surface area contributed by atoms with Crippen molar-refractivity contribution in [2.45, 2.75) is 49.7 Å². The zero-order valence-corrected chi connectivity index (χ0v) is 18.4. The summed E-state index contributed by atoms with van der Waals surface area (Å²) >= 11 is 0. The molecule has 1 saturated carbocycles. The van der Waals surface area contributed by atoms with Crippen LogP contribution in [-0.4, -0.2) is 41.5 Å². The summed E-state index contributed by atoms with van der Waals surface area (Å²) in [6.45, 7) is 2.19. The lowest BCUT2D eigenvalue weighted by Crippen LogP contribution is -2.41. The maximum absolute atomic E-state index is 13.0. The zero-order chi connectivity index (χ0) is 23.1. The smallest absolute Gasteiger partial charge is 0.311 e. The highest BCUT2D eigenvalue weighted by Crippen LogP contribution is 2.40. The van der Waals surface area contributed by atoms with E-state index in [0.717, 1.165) is 35.3 Å². The van der Waals surface area contributed by atoms with E-state index in [1.165, 1.54) is 0 Å². The first-order valence-corrected chi connectivity index (χ1v) is 12.0. The molecule has 2 fully saturated rings. The number of piperidine rings is 1. The predicted octanol–water partition coefficient (Wildman–Crippen LogP) is 3.91. The molecule has 0 spiro atoms. The van der Waals surface area contributed by atoms with Crippen molar-refractivity contribution in [1.82, 2.24) is 14.1 Å². The Balaban J connectivity index is 1.39. The molecule has 1 aliphatic heterocycles. The van der Waals surface area contributed by atoms with Gasteiger partial charge in [0.1, 0.15) is 5.82 Å². The minimum absolute atomic E-state index is 0.0639. The number of nitrogens with one attached hydrogen (secondary N) is 1. The number of nitrogens with zero attached hydrogens (tertiary/aromatic N) is 3. The topological polar surface area (TPSA) is 84.3 Å². The Kier molecular flexibility index (Phi) is 6.06. The summed E-state index contributed by atoms with van der Waals surface area (Å²) in [6.07, 6.45) is -0.119. The molecule has 1 unspecified atom stereocenters. The number of alkyl halides is 3. The van der Waals surface area contributed by atoms with Crippen molar-refractivity contribution in [3.8, 4) is 0 Å². The van der Waals surface area contributed by atoms with Gasteiger partial charge in [0, 0.05) is 25.1 Å². The van der Waals surface area contributed by atoms with Crippen LogP contribution >= 0.6 is 0 Å². The van der Waals surface area contributed by atoms with Crippen molar-refractivity contribution < 1.29 is 26.4 Å². The van der Waals surface area contributed by atoms with Crippen molar-refractivity contribution in [3.05, 3.63) is 42.1 Å². The molecule has 1 amide bonds. The molecule has 1 saturated heterocycles. The molecule has 32 heavy (non-hydrogen) atoms. The van der Waals surface area contributed by atoms with Gasteiger partial charge in [-0.2, -0.15) is 22.6 Å². The van der Waals surface area contributed by atoms with E-state index in [0.29, 0.717) is 17.8 Å². The fourth-order valence-corrected chi connectivity index (χ4v) is 5.60. The Bertz CT molecular complexity index is 1090. The number of hydrogen-bond acceptors (Lipinski definition) is 4. The normalized spacial score (nSPS) is 19.6. The summed E-state index contributed by atoms with van der Waals surface area (Å²) in [5, 5.41) is 7.21. The van der Waals surface area contributed by atoms with Gasteiger partial charge in [-0.15, -0.1) is 0 Å². The van der Waals surface area contributed by atoms with Crippen molar-refractivity contribution in [3.63, 3.8) is 0 Å². The Morgan fingerprint density at radius 1 is 1.16 bits per heavy atom. The van der Waals surface area contributed by atoms with E-state index in [-0.39, 0.29) is 43.8 Å². The first-order chi connectivity index (χ1) is 15.1. The van der Waals surface area contributed by atoms with Crippen LogP contribution in [0.2, 0.25) is 0 Å². The average Bonchev–Trinajstić information content (AvgIpc) is 3.52. The van der Waals surface area contributed by atoms with Gasteiger partial charge in [-0.05, 0) is 56.7 Å². The van der Waals surface area contributed by atoms with E-state index in [9.17, 15) is 26.4 Å². The van der Waals surface area contributed by atoms with Crippen molar-refractivity contribution in [1.29, 1.82) is 0 Å². The Morgan fingerprint density at radius 3 is 2.47 bits per heavy atom. The lowest BCUT2D eigenvalue weighted by molar-refractivity contribution is -0.137. The van der Waals surface area contributed by atoms with Gasteiger partial charge in [-0.1, -0.05) is 6.07 Å². The van der Waals surface area contributed by atoms with Gasteiger partial charge in [0.25, 0.3) is 0 Å². The molecular weight excluding hydrogens is 445 g/mol. The third-order valence-corrected chi connectivity index (χ3v) is 8.13. The third-order valence-electron chi connectivity index (χ3n) is 6.24. The van der Waals surface area contributed by atoms with E-state index in [1.54, 1.807) is 12.3 Å². The molecule has 1 N–H and O–H groups in total. The fourth-order valence-electron chi connectivity index (χ4n) is 4.08. The summed E-state index contributed by atoms with van der Waals surface area (Å²) in [4.78, 5) is 12.4. The molecule has 2 aromatic rings. The van der Waals surface area contributed by atoms with Gasteiger partial charge in [-0.25, -0.2) is 13.1 Å². The van der Waals surface area contributed by atoms with Crippen LogP contribution in [0.1, 0.15) is 44.2 Å². The average molecular weight is 471 g/mol. The lowest BCUT2D eigenvalue weighted by Gasteiger charge is -2.30. The van der Waals surface area contributed by atoms with E-state index in [1.807, 2.05) is 4.68 Å². The molecule has 2 heterocycles. The fraction of sp³-hybridized carbons (Fsp3) is 0.524. The van der Waals surface area contributed by atoms with Gasteiger partial charge in [0.2, 0.25) is 15.9 Å². The number of carbonyl (C=O) groups excluding carboxylic acids is 1. The van der Waals surface area contributed by atoms with Crippen molar-refractivity contribution >= 4 is 21.7 Å². The summed E-state index contributed by atoms with van der Waals surface area (Å²) in [6, 6.07) is 5.66. The molecule has 4 rings (SSSR count). The van der Waals surface area contributed by atoms with Gasteiger partial charge in [0.15, 0.2) is 0 Å². The van der Waals surface area contributed by atoms with E-state index in [2.05, 4.69) is 17.3 Å². The maximum atomic E-state index is 13.0. The molecule has 174 valence electrons. The van der Waals surface area contributed by atoms with Crippen LogP contribution in [0.15, 0.2) is 41.4 Å². The Labute approximate surface area is 184 Å². The number of benzene rings is 1. The quantitative estimate of drug-likeness (QED) is 0.694. The Morgan fingerprint density at radius 2 is 1.84 bits per heavy atom. The first kappa shape index (κ1) is 22.8. The molecule has 7 nitrogen and oxygen atoms in total. The van der Waals surface area contributed by atoms with Crippen LogP contribution in [0, 0.1) is 11.8 Å². The summed E-state index contributed by atoms with van der Waals surface area (Å²) in [5.74, 6) is 0.594. The van der Waals surface area contributed by atoms with E-state index < -0.39 is 26.7 Å². The van der Waals surface area contributed by atoms with E-state index in [4.69, 9.17) is 0 Å². The van der Waals surface area contributed by atoms with Gasteiger partial charge >= 0.3 is 6.18 Å². The lowest BCUT2D eigenvalue weighted by atomic mass is 9.97. The number of carbonyl (C=O) groups is 1. The van der Waals surface area contributed by atoms with Gasteiger partial charge in [0.05, 0.1) is 22.7 Å². The summed E-state index contributed by atoms with van der Waals surface area (Å²) < 4.78 is 67.5. The molecule has 0 bridgehead atoms. The number of rotatable bonds is 6. The number of hydrogen-bond donors (Lipinski definition) is 1. The second kappa shape index (κ2) is 8.51. The second-order valence-corrected chi connectivity index (χ2v) is 10.4. The van der Waals surface area contributed by atoms with E-state index >= 15 is 0 Å². The highest BCUT2D eigenvalue weighted by atomic mass is 32.2. The second-order valence-electron chi connectivity index (χ2n) is 8.43. The van der Waals surface area contributed by atoms with Crippen LogP contribution in [-0.2, 0) is 21.0 Å². The number of amides is 1. The zero-order valence-electron chi connectivity index (χ0n) is 17.5. The Hall–Kier alpha value is -2.40. The highest BCUT2D eigenvalue weighted by molar-refractivity contribution is 7.89. The number of halogens is 3. The monoisotopic (exact) mass is 470 g/mol. The van der Waals surface area contributed by atoms with Gasteiger partial charge < -0.3 is 5.32 Å². The summed E-state index contributed by atoms with van der Waals surface area (Å²) in [5.41, 5.74) is -1.01. The standard InChI is InChI=1S/C21H25F3N4O3S/c1-14(15-5-6-15)28-19(7-10-25-28)26-20(29)16-8-11-27(12-9-16)32(30,31)18-4-2-3-17(13-18)21(22,23)24/h2-4,7,10,13-16H,5-6,8-9,11-12H2,1H3,(H,26,29). The molecule has 1 aliphatic carbocycles. The molecule has 1 aromatic heterocycles. The molecule has 11 heteroatoms.